The number of esters is 1. The molecule has 3 unspecified atom stereocenters. The van der Waals surface area contributed by atoms with Gasteiger partial charge in [-0.2, -0.15) is 0 Å². The smallest absolute Gasteiger partial charge is 0.312 e. The summed E-state index contributed by atoms with van der Waals surface area (Å²) in [7, 11) is 0. The first-order chi connectivity index (χ1) is 20.1. The summed E-state index contributed by atoms with van der Waals surface area (Å²) in [6, 6.07) is -1.56. The Morgan fingerprint density at radius 2 is 1.93 bits per heavy atom. The van der Waals surface area contributed by atoms with Gasteiger partial charge in [0.1, 0.15) is 17.6 Å². The highest BCUT2D eigenvalue weighted by molar-refractivity contribution is 5.98. The first-order valence-corrected chi connectivity index (χ1v) is 15.7. The summed E-state index contributed by atoms with van der Waals surface area (Å²) in [6.45, 7) is 19.7. The van der Waals surface area contributed by atoms with E-state index in [0.717, 1.165) is 25.9 Å². The van der Waals surface area contributed by atoms with Gasteiger partial charge in [-0.15, -0.1) is 13.2 Å². The molecule has 10 heteroatoms. The molecule has 42 heavy (non-hydrogen) atoms. The number of fused-ring (bicyclic) bond motifs is 1. The highest BCUT2D eigenvalue weighted by atomic mass is 16.6. The van der Waals surface area contributed by atoms with E-state index in [2.05, 4.69) is 18.1 Å². The molecule has 0 aromatic heterocycles. The third-order valence-electron chi connectivity index (χ3n) is 10.1. The van der Waals surface area contributed by atoms with E-state index in [1.807, 2.05) is 33.8 Å². The first kappa shape index (κ1) is 32.6. The highest BCUT2D eigenvalue weighted by Crippen LogP contribution is 2.65. The summed E-state index contributed by atoms with van der Waals surface area (Å²) >= 11 is 0. The van der Waals surface area contributed by atoms with E-state index in [1.165, 1.54) is 0 Å². The van der Waals surface area contributed by atoms with Gasteiger partial charge in [-0.1, -0.05) is 32.9 Å². The summed E-state index contributed by atoms with van der Waals surface area (Å²) in [6.07, 6.45) is 6.41. The molecule has 1 spiro atoms. The Kier molecular flexibility index (Phi) is 10.5. The van der Waals surface area contributed by atoms with Crippen molar-refractivity contribution in [2.75, 3.05) is 59.2 Å². The molecule has 236 valence electrons. The number of aliphatic hydroxyl groups excluding tert-OH is 1. The van der Waals surface area contributed by atoms with Crippen LogP contribution in [0, 0.1) is 23.7 Å². The van der Waals surface area contributed by atoms with Gasteiger partial charge in [0.15, 0.2) is 0 Å². The predicted octanol–water partition coefficient (Wildman–Crippen LogP) is 2.26. The fraction of sp³-hybridized carbons (Fsp3) is 0.781. The maximum atomic E-state index is 14.6. The number of amides is 2. The molecule has 4 saturated heterocycles. The molecule has 7 atom stereocenters. The summed E-state index contributed by atoms with van der Waals surface area (Å²) in [4.78, 5) is 48.4. The fourth-order valence-electron chi connectivity index (χ4n) is 7.65. The van der Waals surface area contributed by atoms with Crippen molar-refractivity contribution in [2.45, 2.75) is 76.7 Å². The molecule has 10 nitrogen and oxygen atoms in total. The van der Waals surface area contributed by atoms with Crippen LogP contribution in [0.2, 0.25) is 0 Å². The summed E-state index contributed by atoms with van der Waals surface area (Å²) < 4.78 is 18.1. The standard InChI is InChI=1S/C32H51N3O7/c1-7-9-10-11-17-41-30(39)26-25-28(37)35(24(21-36)22(3)4)27(32(25)20-23(5)31(26,6)42-32)29(38)34(12-8-2)14-13-33-15-18-40-19-16-33/h7-8,22-27,36H,1-2,9-21H2,3-6H3/t23?,24-,25-,26+,27?,31-,32?/m0/s1. The monoisotopic (exact) mass is 589 g/mol. The lowest BCUT2D eigenvalue weighted by Gasteiger charge is -2.41. The molecule has 0 aromatic rings. The molecule has 4 aliphatic rings. The van der Waals surface area contributed by atoms with Crippen LogP contribution >= 0.6 is 0 Å². The number of morpholine rings is 1. The Bertz CT molecular complexity index is 1010. The molecule has 4 heterocycles. The lowest BCUT2D eigenvalue weighted by atomic mass is 9.62. The minimum Gasteiger partial charge on any atom is -0.465 e. The number of hydrogen-bond donors (Lipinski definition) is 1. The Morgan fingerprint density at radius 1 is 1.21 bits per heavy atom. The number of allylic oxidation sites excluding steroid dienone is 1. The van der Waals surface area contributed by atoms with Crippen LogP contribution in [0.15, 0.2) is 25.3 Å². The van der Waals surface area contributed by atoms with Gasteiger partial charge >= 0.3 is 5.97 Å². The molecule has 0 radical (unpaired) electrons. The van der Waals surface area contributed by atoms with Crippen LogP contribution in [-0.4, -0.2) is 120 Å². The molecule has 2 bridgehead atoms. The van der Waals surface area contributed by atoms with Crippen LogP contribution in [0.25, 0.3) is 0 Å². The molecular formula is C32H51N3O7. The third kappa shape index (κ3) is 5.79. The zero-order valence-electron chi connectivity index (χ0n) is 26.0. The first-order valence-electron chi connectivity index (χ1n) is 15.7. The number of nitrogens with zero attached hydrogens (tertiary/aromatic N) is 3. The van der Waals surface area contributed by atoms with Crippen molar-refractivity contribution in [1.82, 2.24) is 14.7 Å². The molecule has 0 aliphatic carbocycles. The van der Waals surface area contributed by atoms with Crippen LogP contribution in [0.4, 0.5) is 0 Å². The van der Waals surface area contributed by atoms with E-state index in [0.29, 0.717) is 45.7 Å². The van der Waals surface area contributed by atoms with E-state index in [1.54, 1.807) is 15.9 Å². The second kappa shape index (κ2) is 13.6. The SMILES string of the molecule is C=CCCCCOC(=O)[C@H]1[C@H]2C(=O)N([C@@H](CO)C(C)C)C(C(=O)N(CC=C)CCN3CCOCC3)C23CC(C)[C@]1(C)O3. The zero-order valence-corrected chi connectivity index (χ0v) is 26.0. The second-order valence-corrected chi connectivity index (χ2v) is 12.9. The van der Waals surface area contributed by atoms with Gasteiger partial charge in [0, 0.05) is 32.7 Å². The summed E-state index contributed by atoms with van der Waals surface area (Å²) in [5.41, 5.74) is -2.12. The maximum Gasteiger partial charge on any atom is 0.312 e. The lowest BCUT2D eigenvalue weighted by Crippen LogP contribution is -2.60. The minimum absolute atomic E-state index is 0.0806. The van der Waals surface area contributed by atoms with E-state index in [9.17, 15) is 19.5 Å². The van der Waals surface area contributed by atoms with Crippen LogP contribution in [-0.2, 0) is 28.6 Å². The lowest BCUT2D eigenvalue weighted by molar-refractivity contribution is -0.164. The summed E-state index contributed by atoms with van der Waals surface area (Å²) in [5, 5.41) is 10.5. The number of ether oxygens (including phenoxy) is 3. The average Bonchev–Trinajstić information content (AvgIpc) is 3.48. The van der Waals surface area contributed by atoms with Crippen LogP contribution in [0.5, 0.6) is 0 Å². The van der Waals surface area contributed by atoms with Gasteiger partial charge in [0.2, 0.25) is 11.8 Å². The molecule has 4 aliphatic heterocycles. The van der Waals surface area contributed by atoms with Crippen molar-refractivity contribution in [3.8, 4) is 0 Å². The van der Waals surface area contributed by atoms with Crippen molar-refractivity contribution in [2.24, 2.45) is 23.7 Å². The molecule has 0 aromatic carbocycles. The molecule has 0 saturated carbocycles. The van der Waals surface area contributed by atoms with Crippen molar-refractivity contribution >= 4 is 17.8 Å². The van der Waals surface area contributed by atoms with Crippen molar-refractivity contribution in [3.63, 3.8) is 0 Å². The van der Waals surface area contributed by atoms with Gasteiger partial charge in [-0.3, -0.25) is 19.3 Å². The normalized spacial score (nSPS) is 33.1. The van der Waals surface area contributed by atoms with E-state index in [-0.39, 0.29) is 36.9 Å². The number of hydrogen-bond acceptors (Lipinski definition) is 8. The van der Waals surface area contributed by atoms with Gasteiger partial charge < -0.3 is 29.1 Å². The number of carbonyl (C=O) groups excluding carboxylic acids is 3. The summed E-state index contributed by atoms with van der Waals surface area (Å²) in [5.74, 6) is -2.87. The van der Waals surface area contributed by atoms with Gasteiger partial charge in [-0.25, -0.2) is 0 Å². The van der Waals surface area contributed by atoms with E-state index in [4.69, 9.17) is 14.2 Å². The van der Waals surface area contributed by atoms with E-state index < -0.39 is 41.1 Å². The highest BCUT2D eigenvalue weighted by Gasteiger charge is 2.80. The Morgan fingerprint density at radius 3 is 2.55 bits per heavy atom. The average molecular weight is 590 g/mol. The number of likely N-dealkylation sites (tertiary alicyclic amines) is 1. The molecule has 4 fully saturated rings. The predicted molar refractivity (Wildman–Crippen MR) is 158 cm³/mol. The van der Waals surface area contributed by atoms with Gasteiger partial charge in [-0.05, 0) is 44.4 Å². The third-order valence-corrected chi connectivity index (χ3v) is 10.1. The molecule has 1 N–H and O–H groups in total. The Balaban J connectivity index is 1.68. The largest absolute Gasteiger partial charge is 0.465 e. The Hall–Kier alpha value is -2.27. The quantitative estimate of drug-likeness (QED) is 0.176. The number of rotatable bonds is 15. The minimum atomic E-state index is -1.18. The van der Waals surface area contributed by atoms with Crippen molar-refractivity contribution < 1.29 is 33.7 Å². The Labute approximate surface area is 251 Å². The number of carbonyl (C=O) groups is 3. The second-order valence-electron chi connectivity index (χ2n) is 12.9. The number of unbranched alkanes of at least 4 members (excludes halogenated alkanes) is 2. The van der Waals surface area contributed by atoms with Gasteiger partial charge in [0.05, 0.1) is 44.0 Å². The van der Waals surface area contributed by atoms with Crippen molar-refractivity contribution in [1.29, 1.82) is 0 Å². The molecule has 4 rings (SSSR count). The van der Waals surface area contributed by atoms with Crippen LogP contribution in [0.1, 0.15) is 53.4 Å². The van der Waals surface area contributed by atoms with Crippen molar-refractivity contribution in [3.05, 3.63) is 25.3 Å². The topological polar surface area (TPSA) is 109 Å². The van der Waals surface area contributed by atoms with Crippen LogP contribution in [0.3, 0.4) is 0 Å². The number of aliphatic hydroxyl groups is 1. The molecule has 2 amide bonds. The zero-order chi connectivity index (χ0) is 30.7. The van der Waals surface area contributed by atoms with Crippen LogP contribution < -0.4 is 0 Å². The van der Waals surface area contributed by atoms with Gasteiger partial charge in [0.25, 0.3) is 0 Å². The fourth-order valence-corrected chi connectivity index (χ4v) is 7.65. The van der Waals surface area contributed by atoms with E-state index >= 15 is 0 Å². The maximum absolute atomic E-state index is 14.6. The molecular weight excluding hydrogens is 538 g/mol.